The molecule has 39 heavy (non-hydrogen) atoms. The fourth-order valence-electron chi connectivity index (χ4n) is 3.91. The minimum Gasteiger partial charge on any atom is -0.352 e. The van der Waals surface area contributed by atoms with Gasteiger partial charge in [-0.05, 0) is 41.5 Å². The van der Waals surface area contributed by atoms with Crippen molar-refractivity contribution in [3.05, 3.63) is 91.7 Å². The van der Waals surface area contributed by atoms with Crippen molar-refractivity contribution in [1.29, 1.82) is 0 Å². The molecule has 0 fully saturated rings. The molecule has 1 heterocycles. The van der Waals surface area contributed by atoms with Crippen molar-refractivity contribution in [1.82, 2.24) is 14.9 Å². The molecule has 0 radical (unpaired) electrons. The van der Waals surface area contributed by atoms with Crippen LogP contribution in [0, 0.1) is 17.0 Å². The number of rotatable bonds is 6. The zero-order valence-electron chi connectivity index (χ0n) is 21.6. The maximum absolute atomic E-state index is 15.0. The molecule has 0 aliphatic heterocycles. The molecule has 204 valence electrons. The summed E-state index contributed by atoms with van der Waals surface area (Å²) in [6, 6.07) is 9.74. The van der Waals surface area contributed by atoms with Crippen LogP contribution in [0.5, 0.6) is 0 Å². The molecule has 4 aromatic rings. The number of benzene rings is 3. The van der Waals surface area contributed by atoms with Crippen molar-refractivity contribution in [3.8, 4) is 0 Å². The molecule has 4 rings (SSSR count). The van der Waals surface area contributed by atoms with Crippen LogP contribution in [0.3, 0.4) is 0 Å². The fourth-order valence-corrected chi connectivity index (χ4v) is 4.60. The highest BCUT2D eigenvalue weighted by Crippen LogP contribution is 2.32. The number of aryl methyl sites for hydroxylation is 1. The lowest BCUT2D eigenvalue weighted by atomic mass is 9.95. The van der Waals surface area contributed by atoms with Crippen LogP contribution in [-0.2, 0) is 24.8 Å². The van der Waals surface area contributed by atoms with Crippen LogP contribution in [0.15, 0.2) is 42.5 Å². The Bertz CT molecular complexity index is 1610. The third-order valence-corrected chi connectivity index (χ3v) is 7.34. The van der Waals surface area contributed by atoms with Gasteiger partial charge in [0.25, 0.3) is 5.91 Å². The highest BCUT2D eigenvalue weighted by molar-refractivity contribution is 6.36. The number of anilines is 1. The monoisotopic (exact) mass is 592 g/mol. The normalized spacial score (nSPS) is 11.6. The first-order chi connectivity index (χ1) is 18.3. The zero-order chi connectivity index (χ0) is 28.6. The van der Waals surface area contributed by atoms with Gasteiger partial charge in [0.1, 0.15) is 17.5 Å². The van der Waals surface area contributed by atoms with E-state index < -0.39 is 23.0 Å². The summed E-state index contributed by atoms with van der Waals surface area (Å²) in [4.78, 5) is 29.6. The molecule has 0 atom stereocenters. The van der Waals surface area contributed by atoms with E-state index in [0.29, 0.717) is 38.0 Å². The van der Waals surface area contributed by atoms with E-state index in [0.717, 1.165) is 6.07 Å². The minimum atomic E-state index is -0.767. The Labute approximate surface area is 239 Å². The molecule has 0 unspecified atom stereocenters. The molecule has 0 aliphatic carbocycles. The molecule has 11 heteroatoms. The maximum Gasteiger partial charge on any atom is 0.258 e. The largest absolute Gasteiger partial charge is 0.352 e. The van der Waals surface area contributed by atoms with Crippen LogP contribution in [0.25, 0.3) is 11.0 Å². The van der Waals surface area contributed by atoms with Crippen molar-refractivity contribution < 1.29 is 18.4 Å². The molecule has 2 N–H and O–H groups in total. The number of hydrogen-bond acceptors (Lipinski definition) is 3. The van der Waals surface area contributed by atoms with E-state index in [1.807, 2.05) is 20.8 Å². The lowest BCUT2D eigenvalue weighted by Crippen LogP contribution is -2.34. The molecule has 2 amide bonds. The van der Waals surface area contributed by atoms with Crippen molar-refractivity contribution in [2.45, 2.75) is 33.7 Å². The lowest BCUT2D eigenvalue weighted by Gasteiger charge is -2.18. The Morgan fingerprint density at radius 1 is 0.974 bits per heavy atom. The van der Waals surface area contributed by atoms with Gasteiger partial charge >= 0.3 is 0 Å². The van der Waals surface area contributed by atoms with Gasteiger partial charge < -0.3 is 15.2 Å². The number of nitrogens with one attached hydrogen (secondary N) is 2. The first-order valence-corrected chi connectivity index (χ1v) is 13.0. The second kappa shape index (κ2) is 11.1. The van der Waals surface area contributed by atoms with E-state index in [-0.39, 0.29) is 35.1 Å². The Kier molecular flexibility index (Phi) is 8.21. The first kappa shape index (κ1) is 28.8. The number of carbonyl (C=O) groups excluding carboxylic acids is 2. The number of carbonyl (C=O) groups is 2. The SMILES string of the molecule is Cn1c(Cc2c(Cl)ccc(CNC(=O)C(C)(C)C)c2Cl)nc2cc(C(=O)Nc3ccc(Cl)c(F)c3)c(F)cc21. The Hall–Kier alpha value is -3.20. The fraction of sp³-hybridized carbons (Fsp3) is 0.250. The van der Waals surface area contributed by atoms with E-state index in [4.69, 9.17) is 34.8 Å². The number of aromatic nitrogens is 2. The third-order valence-electron chi connectivity index (χ3n) is 6.21. The molecule has 3 aromatic carbocycles. The molecular formula is C28H25Cl3F2N4O2. The summed E-state index contributed by atoms with van der Waals surface area (Å²) in [6.07, 6.45) is 0.219. The number of fused-ring (bicyclic) bond motifs is 1. The first-order valence-electron chi connectivity index (χ1n) is 11.9. The average molecular weight is 594 g/mol. The van der Waals surface area contributed by atoms with Crippen molar-refractivity contribution in [2.75, 3.05) is 5.32 Å². The third kappa shape index (κ3) is 6.19. The smallest absolute Gasteiger partial charge is 0.258 e. The van der Waals surface area contributed by atoms with Gasteiger partial charge in [0.2, 0.25) is 5.91 Å². The number of imidazole rings is 1. The highest BCUT2D eigenvalue weighted by atomic mass is 35.5. The maximum atomic E-state index is 15.0. The van der Waals surface area contributed by atoms with E-state index >= 15 is 0 Å². The van der Waals surface area contributed by atoms with Gasteiger partial charge in [0, 0.05) is 42.2 Å². The molecule has 0 saturated carbocycles. The van der Waals surface area contributed by atoms with Crippen LogP contribution in [-0.4, -0.2) is 21.4 Å². The number of halogens is 5. The molecule has 1 aromatic heterocycles. The van der Waals surface area contributed by atoms with Gasteiger partial charge in [-0.3, -0.25) is 9.59 Å². The zero-order valence-corrected chi connectivity index (χ0v) is 23.8. The van der Waals surface area contributed by atoms with Crippen molar-refractivity contribution in [3.63, 3.8) is 0 Å². The minimum absolute atomic E-state index is 0.0954. The van der Waals surface area contributed by atoms with Crippen LogP contribution >= 0.6 is 34.8 Å². The Balaban J connectivity index is 1.61. The van der Waals surface area contributed by atoms with Crippen molar-refractivity contribution in [2.24, 2.45) is 12.5 Å². The summed E-state index contributed by atoms with van der Waals surface area (Å²) in [7, 11) is 1.72. The highest BCUT2D eigenvalue weighted by Gasteiger charge is 2.22. The van der Waals surface area contributed by atoms with Gasteiger partial charge in [0.05, 0.1) is 26.6 Å². The Morgan fingerprint density at radius 2 is 1.67 bits per heavy atom. The second-order valence-electron chi connectivity index (χ2n) is 10.1. The molecular weight excluding hydrogens is 569 g/mol. The Morgan fingerprint density at radius 3 is 2.33 bits per heavy atom. The lowest BCUT2D eigenvalue weighted by molar-refractivity contribution is -0.128. The summed E-state index contributed by atoms with van der Waals surface area (Å²) in [5.41, 5.74) is 1.45. The molecule has 0 aliphatic rings. The molecule has 0 bridgehead atoms. The standard InChI is InChI=1S/C28H25Cl3F2N4O2/c1-28(2,3)27(39)34-13-14-5-7-18(29)16(25(14)31)11-24-36-22-10-17(20(32)12-23(22)37(24)4)26(38)35-15-6-8-19(30)21(33)9-15/h5-10,12H,11,13H2,1-4H3,(H,34,39)(H,35,38). The van der Waals surface area contributed by atoms with Gasteiger partial charge in [-0.15, -0.1) is 0 Å². The molecule has 0 spiro atoms. The molecule has 0 saturated heterocycles. The van der Waals surface area contributed by atoms with E-state index in [1.165, 1.54) is 24.3 Å². The van der Waals surface area contributed by atoms with Crippen molar-refractivity contribution >= 4 is 63.3 Å². The number of amides is 2. The molecule has 6 nitrogen and oxygen atoms in total. The average Bonchev–Trinajstić information content (AvgIpc) is 3.16. The summed E-state index contributed by atoms with van der Waals surface area (Å²) >= 11 is 18.8. The van der Waals surface area contributed by atoms with Crippen LogP contribution in [0.1, 0.15) is 48.1 Å². The topological polar surface area (TPSA) is 76.0 Å². The van der Waals surface area contributed by atoms with Crippen LogP contribution in [0.4, 0.5) is 14.5 Å². The van der Waals surface area contributed by atoms with E-state index in [1.54, 1.807) is 23.7 Å². The number of nitrogens with zero attached hydrogens (tertiary/aromatic N) is 2. The summed E-state index contributed by atoms with van der Waals surface area (Å²) in [5, 5.41) is 6.06. The summed E-state index contributed by atoms with van der Waals surface area (Å²) in [5.74, 6) is -1.83. The number of hydrogen-bond donors (Lipinski definition) is 2. The van der Waals surface area contributed by atoms with Gasteiger partial charge in [-0.2, -0.15) is 0 Å². The predicted molar refractivity (Wildman–Crippen MR) is 151 cm³/mol. The quantitative estimate of drug-likeness (QED) is 0.246. The summed E-state index contributed by atoms with van der Waals surface area (Å²) in [6.45, 7) is 5.68. The predicted octanol–water partition coefficient (Wildman–Crippen LogP) is 7.32. The van der Waals surface area contributed by atoms with Crippen LogP contribution < -0.4 is 10.6 Å². The van der Waals surface area contributed by atoms with E-state index in [2.05, 4.69) is 15.6 Å². The van der Waals surface area contributed by atoms with Crippen LogP contribution in [0.2, 0.25) is 15.1 Å². The van der Waals surface area contributed by atoms with E-state index in [9.17, 15) is 18.4 Å². The van der Waals surface area contributed by atoms with Gasteiger partial charge in [0.15, 0.2) is 0 Å². The van der Waals surface area contributed by atoms with Gasteiger partial charge in [-0.25, -0.2) is 13.8 Å². The second-order valence-corrected chi connectivity index (χ2v) is 11.3. The van der Waals surface area contributed by atoms with Gasteiger partial charge in [-0.1, -0.05) is 61.6 Å². The summed E-state index contributed by atoms with van der Waals surface area (Å²) < 4.78 is 30.4.